The van der Waals surface area contributed by atoms with E-state index in [1.807, 2.05) is 0 Å². The highest BCUT2D eigenvalue weighted by Crippen LogP contribution is 2.22. The molecule has 0 aliphatic carbocycles. The second-order valence-electron chi connectivity index (χ2n) is 5.22. The summed E-state index contributed by atoms with van der Waals surface area (Å²) in [6.45, 7) is 2.14. The van der Waals surface area contributed by atoms with Gasteiger partial charge in [-0.3, -0.25) is 4.79 Å². The Balaban J connectivity index is 2.58. The van der Waals surface area contributed by atoms with E-state index in [0.717, 1.165) is 25.8 Å². The quantitative estimate of drug-likeness (QED) is 0.311. The molecule has 0 unspecified atom stereocenters. The second kappa shape index (κ2) is 9.29. The van der Waals surface area contributed by atoms with Crippen molar-refractivity contribution in [3.05, 3.63) is 0 Å². The number of quaternary nitrogens is 1. The molecule has 0 saturated carbocycles. The zero-order chi connectivity index (χ0) is 15.8. The van der Waals surface area contributed by atoms with Crippen molar-refractivity contribution >= 4 is 5.91 Å². The number of carbonyl (C=O) groups is 1. The van der Waals surface area contributed by atoms with Crippen LogP contribution >= 0.6 is 0 Å². The van der Waals surface area contributed by atoms with Gasteiger partial charge in [-0.05, 0) is 19.3 Å². The van der Waals surface area contributed by atoms with Crippen LogP contribution in [-0.4, -0.2) is 71.6 Å². The topological polar surface area (TPSA) is 136 Å². The number of nitrogens with one attached hydrogen (secondary N) is 1. The average molecular weight is 307 g/mol. The highest BCUT2D eigenvalue weighted by atomic mass is 16.7. The summed E-state index contributed by atoms with van der Waals surface area (Å²) in [6, 6.07) is -0.867. The molecule has 1 fully saturated rings. The molecular weight excluding hydrogens is 280 g/mol. The Morgan fingerprint density at radius 3 is 2.57 bits per heavy atom. The summed E-state index contributed by atoms with van der Waals surface area (Å²) in [4.78, 5) is 11.2. The lowest BCUT2D eigenvalue weighted by Crippen LogP contribution is -2.64. The van der Waals surface area contributed by atoms with Gasteiger partial charge in [-0.1, -0.05) is 0 Å². The minimum Gasteiger partial charge on any atom is -0.394 e. The number of hydrogen-bond donors (Lipinski definition) is 5. The first-order chi connectivity index (χ1) is 10.0. The van der Waals surface area contributed by atoms with Crippen LogP contribution in [0.1, 0.15) is 26.2 Å². The van der Waals surface area contributed by atoms with Crippen LogP contribution in [-0.2, 0) is 14.3 Å². The first kappa shape index (κ1) is 18.3. The number of ether oxygens (including phenoxy) is 2. The van der Waals surface area contributed by atoms with E-state index in [4.69, 9.17) is 14.6 Å². The van der Waals surface area contributed by atoms with Crippen molar-refractivity contribution in [2.75, 3.05) is 19.8 Å². The Kier molecular flexibility index (Phi) is 8.09. The monoisotopic (exact) mass is 307 g/mol. The average Bonchev–Trinajstić information content (AvgIpc) is 2.45. The van der Waals surface area contributed by atoms with E-state index in [1.165, 1.54) is 6.92 Å². The molecule has 0 bridgehead atoms. The van der Waals surface area contributed by atoms with E-state index in [0.29, 0.717) is 6.61 Å². The van der Waals surface area contributed by atoms with Crippen molar-refractivity contribution in [1.82, 2.24) is 5.32 Å². The molecule has 8 heteroatoms. The molecule has 0 aromatic carbocycles. The molecule has 1 amide bonds. The van der Waals surface area contributed by atoms with Crippen molar-refractivity contribution in [3.63, 3.8) is 0 Å². The molecule has 1 heterocycles. The van der Waals surface area contributed by atoms with Gasteiger partial charge in [0.25, 0.3) is 0 Å². The Morgan fingerprint density at radius 2 is 2.00 bits per heavy atom. The van der Waals surface area contributed by atoms with Gasteiger partial charge in [-0.2, -0.15) is 0 Å². The Bertz CT molecular complexity index is 317. The fraction of sp³-hybridized carbons (Fsp3) is 0.923. The summed E-state index contributed by atoms with van der Waals surface area (Å²) >= 11 is 0. The number of aliphatic hydroxyl groups excluding tert-OH is 3. The zero-order valence-electron chi connectivity index (χ0n) is 12.4. The molecule has 0 radical (unpaired) electrons. The molecule has 0 aromatic rings. The number of hydrogen-bond acceptors (Lipinski definition) is 6. The van der Waals surface area contributed by atoms with E-state index in [2.05, 4.69) is 11.1 Å². The maximum Gasteiger partial charge on any atom is 0.217 e. The molecule has 8 nitrogen and oxygen atoms in total. The summed E-state index contributed by atoms with van der Waals surface area (Å²) in [5.41, 5.74) is 3.76. The number of rotatable bonds is 8. The van der Waals surface area contributed by atoms with Crippen molar-refractivity contribution in [2.24, 2.45) is 0 Å². The predicted molar refractivity (Wildman–Crippen MR) is 72.9 cm³/mol. The van der Waals surface area contributed by atoms with E-state index in [1.54, 1.807) is 0 Å². The fourth-order valence-electron chi connectivity index (χ4n) is 2.27. The van der Waals surface area contributed by atoms with Gasteiger partial charge in [-0.15, -0.1) is 0 Å². The van der Waals surface area contributed by atoms with Gasteiger partial charge in [0.1, 0.15) is 24.4 Å². The number of carbonyl (C=O) groups excluding carboxylic acids is 1. The highest BCUT2D eigenvalue weighted by Gasteiger charge is 2.45. The summed E-state index contributed by atoms with van der Waals surface area (Å²) in [6.07, 6.45) is -1.59. The van der Waals surface area contributed by atoms with Crippen LogP contribution < -0.4 is 11.1 Å². The van der Waals surface area contributed by atoms with E-state index in [9.17, 15) is 15.0 Å². The van der Waals surface area contributed by atoms with Crippen LogP contribution in [0.5, 0.6) is 0 Å². The molecule has 1 rings (SSSR count). The van der Waals surface area contributed by atoms with Crippen LogP contribution in [0.2, 0.25) is 0 Å². The second-order valence-corrected chi connectivity index (χ2v) is 5.22. The fourth-order valence-corrected chi connectivity index (χ4v) is 2.27. The lowest BCUT2D eigenvalue weighted by molar-refractivity contribution is -0.368. The predicted octanol–water partition coefficient (Wildman–Crippen LogP) is -2.64. The molecule has 1 aliphatic heterocycles. The maximum atomic E-state index is 11.2. The van der Waals surface area contributed by atoms with Crippen LogP contribution in [0.25, 0.3) is 0 Å². The van der Waals surface area contributed by atoms with E-state index in [-0.39, 0.29) is 5.91 Å². The molecule has 21 heavy (non-hydrogen) atoms. The number of amides is 1. The smallest absolute Gasteiger partial charge is 0.217 e. The summed E-state index contributed by atoms with van der Waals surface area (Å²) in [5.74, 6) is -0.358. The highest BCUT2D eigenvalue weighted by molar-refractivity contribution is 5.73. The molecule has 124 valence electrons. The van der Waals surface area contributed by atoms with Gasteiger partial charge < -0.3 is 35.8 Å². The normalized spacial score (nSPS) is 32.9. The van der Waals surface area contributed by atoms with Gasteiger partial charge in [0.05, 0.1) is 13.2 Å². The van der Waals surface area contributed by atoms with Crippen molar-refractivity contribution in [2.45, 2.75) is 56.8 Å². The number of aliphatic hydroxyl groups is 3. The third-order valence-corrected chi connectivity index (χ3v) is 3.43. The van der Waals surface area contributed by atoms with Crippen LogP contribution in [0.15, 0.2) is 0 Å². The molecule has 0 aromatic heterocycles. The first-order valence-electron chi connectivity index (χ1n) is 7.31. The lowest BCUT2D eigenvalue weighted by Gasteiger charge is -2.42. The van der Waals surface area contributed by atoms with Crippen molar-refractivity contribution < 1.29 is 35.3 Å². The van der Waals surface area contributed by atoms with Crippen molar-refractivity contribution in [3.8, 4) is 0 Å². The third-order valence-electron chi connectivity index (χ3n) is 3.43. The van der Waals surface area contributed by atoms with E-state index < -0.39 is 37.3 Å². The van der Waals surface area contributed by atoms with Gasteiger partial charge >= 0.3 is 0 Å². The standard InChI is InChI=1S/C13H26N2O6/c1-8(17)15-10-12(19)11(18)9(7-16)21-13(10)20-6-4-2-3-5-14/h9-13,16,18-19H,2-7,14H2,1H3,(H,15,17)/p+1/t9-,10-,11+,12-,13-/m1/s1. The summed E-state index contributed by atoms with van der Waals surface area (Å²) in [7, 11) is 0. The SMILES string of the molecule is CC(=O)N[C@H]1[C@H](OCCCCC[NH3+])O[C@H](CO)[C@H](O)[C@@H]1O. The summed E-state index contributed by atoms with van der Waals surface area (Å²) < 4.78 is 11.0. The van der Waals surface area contributed by atoms with Gasteiger partial charge in [0.2, 0.25) is 5.91 Å². The van der Waals surface area contributed by atoms with Crippen molar-refractivity contribution in [1.29, 1.82) is 0 Å². The maximum absolute atomic E-state index is 11.2. The summed E-state index contributed by atoms with van der Waals surface area (Å²) in [5, 5.41) is 31.6. The van der Waals surface area contributed by atoms with E-state index >= 15 is 0 Å². The van der Waals surface area contributed by atoms with Gasteiger partial charge in [0, 0.05) is 13.5 Å². The van der Waals surface area contributed by atoms with Gasteiger partial charge in [-0.25, -0.2) is 0 Å². The molecule has 5 atom stereocenters. The minimum atomic E-state index is -1.28. The number of unbranched alkanes of at least 4 members (excludes halogenated alkanes) is 2. The Labute approximate surface area is 124 Å². The van der Waals surface area contributed by atoms with Gasteiger partial charge in [0.15, 0.2) is 6.29 Å². The largest absolute Gasteiger partial charge is 0.394 e. The lowest BCUT2D eigenvalue weighted by atomic mass is 9.97. The molecule has 0 spiro atoms. The first-order valence-corrected chi connectivity index (χ1v) is 7.31. The zero-order valence-corrected chi connectivity index (χ0v) is 12.4. The van der Waals surface area contributed by atoms with Crippen LogP contribution in [0, 0.1) is 0 Å². The molecule has 1 aliphatic rings. The van der Waals surface area contributed by atoms with Crippen LogP contribution in [0.4, 0.5) is 0 Å². The molecular formula is C13H27N2O6+. The molecule has 7 N–H and O–H groups in total. The minimum absolute atomic E-state index is 0.358. The Hall–Kier alpha value is -0.770. The van der Waals surface area contributed by atoms with Crippen LogP contribution in [0.3, 0.4) is 0 Å². The third kappa shape index (κ3) is 5.50. The Morgan fingerprint density at radius 1 is 1.29 bits per heavy atom. The molecule has 1 saturated heterocycles.